The van der Waals surface area contributed by atoms with Crippen molar-refractivity contribution in [3.63, 3.8) is 0 Å². The molecule has 0 aliphatic heterocycles. The Hall–Kier alpha value is -3.71. The largest absolute Gasteiger partial charge is 0.493 e. The molecule has 0 unspecified atom stereocenters. The van der Waals surface area contributed by atoms with Gasteiger partial charge in [-0.2, -0.15) is 0 Å². The van der Waals surface area contributed by atoms with E-state index in [-0.39, 0.29) is 23.4 Å². The molecule has 3 rings (SSSR count). The molecule has 0 radical (unpaired) electrons. The van der Waals surface area contributed by atoms with E-state index in [1.807, 2.05) is 54.6 Å². The molecule has 35 heavy (non-hydrogen) atoms. The molecule has 0 atom stereocenters. The average molecular weight is 491 g/mol. The van der Waals surface area contributed by atoms with E-state index in [2.05, 4.69) is 17.4 Å². The van der Waals surface area contributed by atoms with Crippen LogP contribution in [0.15, 0.2) is 84.9 Å². The number of ether oxygens (including phenoxy) is 2. The fourth-order valence-electron chi connectivity index (χ4n) is 3.42. The van der Waals surface area contributed by atoms with Gasteiger partial charge in [-0.05, 0) is 48.5 Å². The number of hydrogen-bond acceptors (Lipinski definition) is 5. The monoisotopic (exact) mass is 490 g/mol. The molecular formula is C28H30N2O4S. The van der Waals surface area contributed by atoms with Crippen LogP contribution in [0, 0.1) is 0 Å². The third kappa shape index (κ3) is 8.87. The van der Waals surface area contributed by atoms with Crippen LogP contribution in [-0.4, -0.2) is 41.6 Å². The molecule has 0 saturated heterocycles. The zero-order valence-electron chi connectivity index (χ0n) is 19.8. The van der Waals surface area contributed by atoms with E-state index in [4.69, 9.17) is 21.7 Å². The molecule has 0 bridgehead atoms. The first-order valence-electron chi connectivity index (χ1n) is 11.6. The lowest BCUT2D eigenvalue weighted by atomic mass is 10.2. The van der Waals surface area contributed by atoms with E-state index in [1.54, 1.807) is 30.0 Å². The fraction of sp³-hybridized carbons (Fsp3) is 0.250. The number of carbonyl (C=O) groups excluding carboxylic acids is 2. The van der Waals surface area contributed by atoms with Crippen molar-refractivity contribution in [3.05, 3.63) is 102 Å². The van der Waals surface area contributed by atoms with E-state index < -0.39 is 0 Å². The predicted octanol–water partition coefficient (Wildman–Crippen LogP) is 4.78. The van der Waals surface area contributed by atoms with Crippen molar-refractivity contribution in [3.8, 4) is 5.75 Å². The van der Waals surface area contributed by atoms with Crippen LogP contribution in [0.1, 0.15) is 34.8 Å². The first-order valence-corrected chi connectivity index (χ1v) is 12.0. The Morgan fingerprint density at radius 1 is 0.914 bits per heavy atom. The Morgan fingerprint density at radius 3 is 2.29 bits per heavy atom. The molecule has 0 heterocycles. The third-order valence-corrected chi connectivity index (χ3v) is 5.57. The standard InChI is InChI=1S/C28H30N2O4S/c1-2-33-26(31)16-18-30(21-23-12-7-4-8-13-23)28(35)29-27(32)24-14-9-15-25(20-24)34-19-17-22-10-5-3-6-11-22/h3-15,20H,2,16-19,21H2,1H3,(H,29,32,35). The summed E-state index contributed by atoms with van der Waals surface area (Å²) in [7, 11) is 0. The van der Waals surface area contributed by atoms with E-state index in [0.29, 0.717) is 37.6 Å². The summed E-state index contributed by atoms with van der Waals surface area (Å²) in [5.74, 6) is -0.0271. The van der Waals surface area contributed by atoms with Gasteiger partial charge in [0.25, 0.3) is 5.91 Å². The molecule has 0 aliphatic carbocycles. The highest BCUT2D eigenvalue weighted by molar-refractivity contribution is 7.80. The highest BCUT2D eigenvalue weighted by Crippen LogP contribution is 2.15. The van der Waals surface area contributed by atoms with Gasteiger partial charge in [0.1, 0.15) is 5.75 Å². The van der Waals surface area contributed by atoms with Gasteiger partial charge in [0.05, 0.1) is 19.6 Å². The minimum Gasteiger partial charge on any atom is -0.493 e. The minimum absolute atomic E-state index is 0.168. The highest BCUT2D eigenvalue weighted by Gasteiger charge is 2.17. The summed E-state index contributed by atoms with van der Waals surface area (Å²) < 4.78 is 10.9. The number of hydrogen-bond donors (Lipinski definition) is 1. The van der Waals surface area contributed by atoms with E-state index in [1.165, 1.54) is 5.56 Å². The van der Waals surface area contributed by atoms with E-state index in [0.717, 1.165) is 12.0 Å². The van der Waals surface area contributed by atoms with Crippen molar-refractivity contribution < 1.29 is 19.1 Å². The number of rotatable bonds is 11. The molecule has 0 aliphatic rings. The van der Waals surface area contributed by atoms with Crippen molar-refractivity contribution in [2.45, 2.75) is 26.3 Å². The van der Waals surface area contributed by atoms with Gasteiger partial charge in [0.15, 0.2) is 5.11 Å². The predicted molar refractivity (Wildman–Crippen MR) is 140 cm³/mol. The van der Waals surface area contributed by atoms with Crippen molar-refractivity contribution in [1.29, 1.82) is 0 Å². The summed E-state index contributed by atoms with van der Waals surface area (Å²) in [6, 6.07) is 26.8. The Kier molecular flexibility index (Phi) is 10.3. The van der Waals surface area contributed by atoms with Gasteiger partial charge in [0, 0.05) is 25.1 Å². The number of nitrogens with one attached hydrogen (secondary N) is 1. The number of benzene rings is 3. The summed E-state index contributed by atoms with van der Waals surface area (Å²) in [5, 5.41) is 3.04. The molecule has 0 aromatic heterocycles. The molecular weight excluding hydrogens is 460 g/mol. The van der Waals surface area contributed by atoms with Crippen LogP contribution in [0.2, 0.25) is 0 Å². The maximum absolute atomic E-state index is 12.9. The van der Waals surface area contributed by atoms with Crippen LogP contribution in [0.4, 0.5) is 0 Å². The van der Waals surface area contributed by atoms with Crippen LogP contribution >= 0.6 is 12.2 Å². The number of amides is 1. The molecule has 0 saturated carbocycles. The van der Waals surface area contributed by atoms with E-state index >= 15 is 0 Å². The van der Waals surface area contributed by atoms with Gasteiger partial charge in [-0.3, -0.25) is 14.9 Å². The molecule has 3 aromatic carbocycles. The summed E-state index contributed by atoms with van der Waals surface area (Å²) in [5.41, 5.74) is 2.64. The minimum atomic E-state index is -0.335. The Morgan fingerprint density at radius 2 is 1.60 bits per heavy atom. The van der Waals surface area contributed by atoms with Gasteiger partial charge < -0.3 is 14.4 Å². The lowest BCUT2D eigenvalue weighted by molar-refractivity contribution is -0.143. The third-order valence-electron chi connectivity index (χ3n) is 5.21. The maximum Gasteiger partial charge on any atom is 0.307 e. The number of thiocarbonyl (C=S) groups is 1. The first kappa shape index (κ1) is 25.9. The maximum atomic E-state index is 12.9. The van der Waals surface area contributed by atoms with Crippen molar-refractivity contribution in [1.82, 2.24) is 10.2 Å². The second kappa shape index (κ2) is 13.9. The Labute approximate surface area is 211 Å². The lowest BCUT2D eigenvalue weighted by Gasteiger charge is -2.25. The normalized spacial score (nSPS) is 10.3. The smallest absolute Gasteiger partial charge is 0.307 e. The van der Waals surface area contributed by atoms with Crippen molar-refractivity contribution in [2.24, 2.45) is 0 Å². The average Bonchev–Trinajstić information content (AvgIpc) is 2.88. The Bertz CT molecular complexity index is 1110. The second-order valence-electron chi connectivity index (χ2n) is 7.83. The Balaban J connectivity index is 1.60. The van der Waals surface area contributed by atoms with E-state index in [9.17, 15) is 9.59 Å². The topological polar surface area (TPSA) is 67.9 Å². The lowest BCUT2D eigenvalue weighted by Crippen LogP contribution is -2.43. The molecule has 3 aromatic rings. The summed E-state index contributed by atoms with van der Waals surface area (Å²) in [4.78, 5) is 26.6. The molecule has 0 fully saturated rings. The fourth-order valence-corrected chi connectivity index (χ4v) is 3.67. The number of esters is 1. The van der Waals surface area contributed by atoms with Gasteiger partial charge in [-0.1, -0.05) is 66.7 Å². The van der Waals surface area contributed by atoms with Gasteiger partial charge >= 0.3 is 5.97 Å². The number of carbonyl (C=O) groups is 2. The molecule has 6 nitrogen and oxygen atoms in total. The molecule has 1 amide bonds. The van der Waals surface area contributed by atoms with Crippen LogP contribution in [0.25, 0.3) is 0 Å². The van der Waals surface area contributed by atoms with Crippen molar-refractivity contribution >= 4 is 29.2 Å². The second-order valence-corrected chi connectivity index (χ2v) is 8.22. The van der Waals surface area contributed by atoms with Crippen molar-refractivity contribution in [2.75, 3.05) is 19.8 Å². The van der Waals surface area contributed by atoms with Crippen LogP contribution in [0.5, 0.6) is 5.75 Å². The first-order chi connectivity index (χ1) is 17.0. The molecule has 0 spiro atoms. The quantitative estimate of drug-likeness (QED) is 0.308. The zero-order chi connectivity index (χ0) is 24.9. The SMILES string of the molecule is CCOC(=O)CCN(Cc1ccccc1)C(=S)NC(=O)c1cccc(OCCc2ccccc2)c1. The molecule has 1 N–H and O–H groups in total. The molecule has 182 valence electrons. The summed E-state index contributed by atoms with van der Waals surface area (Å²) in [6.45, 7) is 3.39. The van der Waals surface area contributed by atoms with Crippen LogP contribution in [-0.2, 0) is 22.5 Å². The highest BCUT2D eigenvalue weighted by atomic mass is 32.1. The van der Waals surface area contributed by atoms with Crippen LogP contribution < -0.4 is 10.1 Å². The van der Waals surface area contributed by atoms with Gasteiger partial charge in [-0.25, -0.2) is 0 Å². The molecule has 7 heteroatoms. The van der Waals surface area contributed by atoms with Gasteiger partial charge in [-0.15, -0.1) is 0 Å². The summed E-state index contributed by atoms with van der Waals surface area (Å²) in [6.07, 6.45) is 0.942. The zero-order valence-corrected chi connectivity index (χ0v) is 20.6. The number of nitrogens with zero attached hydrogens (tertiary/aromatic N) is 1. The van der Waals surface area contributed by atoms with Crippen LogP contribution in [0.3, 0.4) is 0 Å². The summed E-state index contributed by atoms with van der Waals surface area (Å²) >= 11 is 5.54. The van der Waals surface area contributed by atoms with Gasteiger partial charge in [0.2, 0.25) is 0 Å².